The Morgan fingerprint density at radius 2 is 2.47 bits per heavy atom. The Kier molecular flexibility index (Phi) is 2.49. The number of rotatable bonds is 3. The number of hydrogen-bond acceptors (Lipinski definition) is 2. The minimum absolute atomic E-state index is 0.0347. The molecule has 2 aromatic heterocycles. The summed E-state index contributed by atoms with van der Waals surface area (Å²) in [6.07, 6.45) is 6.97. The second-order valence-electron chi connectivity index (χ2n) is 3.14. The van der Waals surface area contributed by atoms with Gasteiger partial charge in [-0.25, -0.2) is 4.98 Å². The summed E-state index contributed by atoms with van der Waals surface area (Å²) >= 11 is 0. The fourth-order valence-corrected chi connectivity index (χ4v) is 1.40. The topological polar surface area (TPSA) is 66.0 Å². The Balaban J connectivity index is 2.28. The average Bonchev–Trinajstić information content (AvgIpc) is 2.62. The van der Waals surface area contributed by atoms with Crippen LogP contribution in [0, 0.1) is 0 Å². The highest BCUT2D eigenvalue weighted by Gasteiger charge is 1.99. The maximum Gasteiger partial charge on any atom is 0.307 e. The molecule has 4 nitrogen and oxygen atoms in total. The zero-order valence-electron chi connectivity index (χ0n) is 7.97. The third-order valence-corrected chi connectivity index (χ3v) is 2.07. The number of nitrogens with one attached hydrogen (secondary N) is 1. The second-order valence-corrected chi connectivity index (χ2v) is 3.14. The van der Waals surface area contributed by atoms with E-state index in [0.717, 1.165) is 16.6 Å². The molecule has 0 aliphatic rings. The van der Waals surface area contributed by atoms with Crippen LogP contribution in [-0.2, 0) is 4.79 Å². The van der Waals surface area contributed by atoms with Gasteiger partial charge in [0.15, 0.2) is 0 Å². The van der Waals surface area contributed by atoms with Gasteiger partial charge in [-0.1, -0.05) is 12.2 Å². The SMILES string of the molecule is O=C(O)CC=Cc1c[nH]c2ncccc12. The van der Waals surface area contributed by atoms with Crippen LogP contribution in [0.4, 0.5) is 0 Å². The van der Waals surface area contributed by atoms with Gasteiger partial charge in [-0.3, -0.25) is 4.79 Å². The second kappa shape index (κ2) is 3.96. The zero-order valence-corrected chi connectivity index (χ0v) is 7.97. The summed E-state index contributed by atoms with van der Waals surface area (Å²) in [6.45, 7) is 0. The van der Waals surface area contributed by atoms with E-state index in [0.29, 0.717) is 0 Å². The molecule has 0 unspecified atom stereocenters. The van der Waals surface area contributed by atoms with E-state index in [2.05, 4.69) is 9.97 Å². The first-order valence-corrected chi connectivity index (χ1v) is 4.58. The highest BCUT2D eigenvalue weighted by Crippen LogP contribution is 2.16. The Morgan fingerprint density at radius 3 is 3.27 bits per heavy atom. The molecule has 2 heterocycles. The van der Waals surface area contributed by atoms with Crippen molar-refractivity contribution in [3.63, 3.8) is 0 Å². The van der Waals surface area contributed by atoms with Crippen molar-refractivity contribution in [2.45, 2.75) is 6.42 Å². The van der Waals surface area contributed by atoms with Crippen LogP contribution >= 0.6 is 0 Å². The number of carboxylic acid groups (broad SMARTS) is 1. The number of carboxylic acids is 1. The molecule has 0 aliphatic heterocycles. The molecule has 2 N–H and O–H groups in total. The quantitative estimate of drug-likeness (QED) is 0.800. The van der Waals surface area contributed by atoms with E-state index in [1.165, 1.54) is 0 Å². The standard InChI is InChI=1S/C11H10N2O2/c14-10(15)5-1-3-8-7-13-11-9(8)4-2-6-12-11/h1-4,6-7H,5H2,(H,12,13)(H,14,15). The van der Waals surface area contributed by atoms with E-state index < -0.39 is 5.97 Å². The van der Waals surface area contributed by atoms with Gasteiger partial charge in [-0.05, 0) is 12.1 Å². The summed E-state index contributed by atoms with van der Waals surface area (Å²) in [5, 5.41) is 9.48. The number of fused-ring (bicyclic) bond motifs is 1. The Labute approximate surface area is 86.3 Å². The lowest BCUT2D eigenvalue weighted by molar-refractivity contribution is -0.135. The van der Waals surface area contributed by atoms with Crippen LogP contribution in [-0.4, -0.2) is 21.0 Å². The predicted octanol–water partition coefficient (Wildman–Crippen LogP) is 2.05. The van der Waals surface area contributed by atoms with Gasteiger partial charge < -0.3 is 10.1 Å². The van der Waals surface area contributed by atoms with Crippen molar-refractivity contribution in [3.8, 4) is 0 Å². The maximum absolute atomic E-state index is 10.3. The summed E-state index contributed by atoms with van der Waals surface area (Å²) in [5.41, 5.74) is 1.77. The number of pyridine rings is 1. The molecular formula is C11H10N2O2. The lowest BCUT2D eigenvalue weighted by atomic mass is 10.2. The number of aromatic nitrogens is 2. The molecule has 0 spiro atoms. The number of H-pyrrole nitrogens is 1. The molecule has 0 saturated heterocycles. The van der Waals surface area contributed by atoms with Crippen molar-refractivity contribution in [1.82, 2.24) is 9.97 Å². The molecule has 0 aliphatic carbocycles. The Bertz CT molecular complexity index is 514. The number of nitrogens with zero attached hydrogens (tertiary/aromatic N) is 1. The van der Waals surface area contributed by atoms with Crippen LogP contribution < -0.4 is 0 Å². The van der Waals surface area contributed by atoms with Gasteiger partial charge >= 0.3 is 5.97 Å². The van der Waals surface area contributed by atoms with E-state index in [9.17, 15) is 4.79 Å². The van der Waals surface area contributed by atoms with E-state index in [-0.39, 0.29) is 6.42 Å². The Morgan fingerprint density at radius 1 is 1.60 bits per heavy atom. The first-order valence-electron chi connectivity index (χ1n) is 4.58. The minimum atomic E-state index is -0.829. The summed E-state index contributed by atoms with van der Waals surface area (Å²) in [5.74, 6) is -0.829. The van der Waals surface area contributed by atoms with Crippen molar-refractivity contribution >= 4 is 23.1 Å². The number of hydrogen-bond donors (Lipinski definition) is 2. The average molecular weight is 202 g/mol. The lowest BCUT2D eigenvalue weighted by Crippen LogP contribution is -1.89. The van der Waals surface area contributed by atoms with Crippen LogP contribution in [0.2, 0.25) is 0 Å². The summed E-state index contributed by atoms with van der Waals surface area (Å²) in [7, 11) is 0. The summed E-state index contributed by atoms with van der Waals surface area (Å²) in [6, 6.07) is 3.80. The smallest absolute Gasteiger partial charge is 0.307 e. The number of aliphatic carboxylic acids is 1. The minimum Gasteiger partial charge on any atom is -0.481 e. The van der Waals surface area contributed by atoms with Crippen molar-refractivity contribution in [3.05, 3.63) is 36.2 Å². The van der Waals surface area contributed by atoms with Crippen molar-refractivity contribution in [1.29, 1.82) is 0 Å². The normalized spacial score (nSPS) is 11.2. The molecule has 0 saturated carbocycles. The van der Waals surface area contributed by atoms with E-state index in [4.69, 9.17) is 5.11 Å². The molecule has 2 aromatic rings. The fraction of sp³-hybridized carbons (Fsp3) is 0.0909. The molecule has 0 fully saturated rings. The van der Waals surface area contributed by atoms with E-state index >= 15 is 0 Å². The largest absolute Gasteiger partial charge is 0.481 e. The van der Waals surface area contributed by atoms with Crippen LogP contribution in [0.5, 0.6) is 0 Å². The Hall–Kier alpha value is -2.10. The first-order chi connectivity index (χ1) is 7.27. The molecule has 0 amide bonds. The maximum atomic E-state index is 10.3. The van der Waals surface area contributed by atoms with E-state index in [1.807, 2.05) is 18.3 Å². The van der Waals surface area contributed by atoms with Crippen molar-refractivity contribution < 1.29 is 9.90 Å². The molecule has 15 heavy (non-hydrogen) atoms. The van der Waals surface area contributed by atoms with E-state index in [1.54, 1.807) is 18.3 Å². The van der Waals surface area contributed by atoms with Gasteiger partial charge in [-0.15, -0.1) is 0 Å². The molecule has 0 bridgehead atoms. The molecule has 4 heteroatoms. The number of aromatic amines is 1. The molecule has 0 aromatic carbocycles. The molecule has 2 rings (SSSR count). The first kappa shape index (κ1) is 9.45. The number of carbonyl (C=O) groups is 1. The zero-order chi connectivity index (χ0) is 10.7. The van der Waals surface area contributed by atoms with Gasteiger partial charge in [0.25, 0.3) is 0 Å². The third-order valence-electron chi connectivity index (χ3n) is 2.07. The molecule has 0 atom stereocenters. The van der Waals surface area contributed by atoms with Crippen LogP contribution in [0.1, 0.15) is 12.0 Å². The molecular weight excluding hydrogens is 192 g/mol. The van der Waals surface area contributed by atoms with Gasteiger partial charge in [0.2, 0.25) is 0 Å². The fourth-order valence-electron chi connectivity index (χ4n) is 1.40. The van der Waals surface area contributed by atoms with Crippen molar-refractivity contribution in [2.75, 3.05) is 0 Å². The predicted molar refractivity (Wildman–Crippen MR) is 57.4 cm³/mol. The molecule has 0 radical (unpaired) electrons. The van der Waals surface area contributed by atoms with Gasteiger partial charge in [0.1, 0.15) is 5.65 Å². The van der Waals surface area contributed by atoms with Gasteiger partial charge in [0, 0.05) is 23.3 Å². The van der Waals surface area contributed by atoms with Crippen molar-refractivity contribution in [2.24, 2.45) is 0 Å². The van der Waals surface area contributed by atoms with Gasteiger partial charge in [-0.2, -0.15) is 0 Å². The van der Waals surface area contributed by atoms with Crippen LogP contribution in [0.3, 0.4) is 0 Å². The van der Waals surface area contributed by atoms with Gasteiger partial charge in [0.05, 0.1) is 6.42 Å². The summed E-state index contributed by atoms with van der Waals surface area (Å²) in [4.78, 5) is 17.5. The van der Waals surface area contributed by atoms with Crippen LogP contribution in [0.15, 0.2) is 30.6 Å². The highest BCUT2D eigenvalue weighted by atomic mass is 16.4. The summed E-state index contributed by atoms with van der Waals surface area (Å²) < 4.78 is 0. The molecule has 76 valence electrons. The lowest BCUT2D eigenvalue weighted by Gasteiger charge is -1.89. The third kappa shape index (κ3) is 2.04. The monoisotopic (exact) mass is 202 g/mol. The highest BCUT2D eigenvalue weighted by molar-refractivity contribution is 5.86. The van der Waals surface area contributed by atoms with Crippen LogP contribution in [0.25, 0.3) is 17.1 Å².